The molecule has 3 aliphatic heterocycles. The first-order valence-corrected chi connectivity index (χ1v) is 9.92. The van der Waals surface area contributed by atoms with Gasteiger partial charge in [-0.25, -0.2) is 0 Å². The summed E-state index contributed by atoms with van der Waals surface area (Å²) in [7, 11) is 1.95. The van der Waals surface area contributed by atoms with Gasteiger partial charge in [0.05, 0.1) is 12.5 Å². The number of hydrogen-bond donors (Lipinski definition) is 0. The third kappa shape index (κ3) is 3.13. The van der Waals surface area contributed by atoms with E-state index in [-0.39, 0.29) is 23.3 Å². The minimum absolute atomic E-state index is 0.0342. The van der Waals surface area contributed by atoms with Gasteiger partial charge in [-0.3, -0.25) is 14.5 Å². The largest absolute Gasteiger partial charge is 0.341 e. The molecule has 0 aliphatic carbocycles. The Bertz CT molecular complexity index is 661. The smallest absolute Gasteiger partial charge is 0.236 e. The molecule has 0 aromatic heterocycles. The van der Waals surface area contributed by atoms with E-state index < -0.39 is 0 Å². The molecule has 3 heterocycles. The maximum atomic E-state index is 12.9. The molecule has 4 rings (SSSR count). The van der Waals surface area contributed by atoms with Crippen LogP contribution in [0.15, 0.2) is 30.3 Å². The van der Waals surface area contributed by atoms with Crippen molar-refractivity contribution in [1.29, 1.82) is 0 Å². The zero-order valence-electron chi connectivity index (χ0n) is 15.7. The van der Waals surface area contributed by atoms with Crippen molar-refractivity contribution in [2.75, 3.05) is 39.8 Å². The Morgan fingerprint density at radius 3 is 2.38 bits per heavy atom. The lowest BCUT2D eigenvalue weighted by Gasteiger charge is -2.43. The summed E-state index contributed by atoms with van der Waals surface area (Å²) in [6.07, 6.45) is 5.09. The summed E-state index contributed by atoms with van der Waals surface area (Å²) in [5, 5.41) is 0. The second-order valence-electron chi connectivity index (χ2n) is 8.15. The average Bonchev–Trinajstić information content (AvgIpc) is 3.26. The van der Waals surface area contributed by atoms with Crippen LogP contribution in [0.25, 0.3) is 0 Å². The van der Waals surface area contributed by atoms with Gasteiger partial charge in [-0.1, -0.05) is 30.3 Å². The second-order valence-corrected chi connectivity index (χ2v) is 8.15. The molecule has 1 unspecified atom stereocenters. The first kappa shape index (κ1) is 17.5. The van der Waals surface area contributed by atoms with E-state index in [0.717, 1.165) is 51.0 Å². The number of hydrogen-bond acceptors (Lipinski definition) is 3. The molecule has 2 amide bonds. The van der Waals surface area contributed by atoms with Crippen LogP contribution in [-0.4, -0.2) is 71.8 Å². The average molecular weight is 355 g/mol. The maximum absolute atomic E-state index is 12.9. The summed E-state index contributed by atoms with van der Waals surface area (Å²) in [5.74, 6) is 0.453. The van der Waals surface area contributed by atoms with Gasteiger partial charge >= 0.3 is 0 Å². The monoisotopic (exact) mass is 355 g/mol. The highest BCUT2D eigenvalue weighted by Crippen LogP contribution is 2.44. The normalized spacial score (nSPS) is 26.0. The maximum Gasteiger partial charge on any atom is 0.236 e. The second kappa shape index (κ2) is 7.03. The van der Waals surface area contributed by atoms with Gasteiger partial charge in [0.25, 0.3) is 0 Å². The highest BCUT2D eigenvalue weighted by atomic mass is 16.2. The number of likely N-dealkylation sites (N-methyl/N-ethyl adjacent to an activating group) is 1. The number of nitrogens with zero attached hydrogens (tertiary/aromatic N) is 3. The molecule has 3 fully saturated rings. The molecule has 140 valence electrons. The molecule has 5 heteroatoms. The number of carbonyl (C=O) groups excluding carboxylic acids is 2. The van der Waals surface area contributed by atoms with Crippen LogP contribution in [0, 0.1) is 0 Å². The van der Waals surface area contributed by atoms with Gasteiger partial charge in [0, 0.05) is 25.7 Å². The topological polar surface area (TPSA) is 43.9 Å². The Balaban J connectivity index is 1.40. The molecule has 26 heavy (non-hydrogen) atoms. The van der Waals surface area contributed by atoms with Gasteiger partial charge in [-0.2, -0.15) is 0 Å². The number of likely N-dealkylation sites (tertiary alicyclic amines) is 3. The highest BCUT2D eigenvalue weighted by molar-refractivity contribution is 5.87. The lowest BCUT2D eigenvalue weighted by Crippen LogP contribution is -2.54. The van der Waals surface area contributed by atoms with E-state index in [1.807, 2.05) is 35.0 Å². The highest BCUT2D eigenvalue weighted by Gasteiger charge is 2.50. The molecule has 5 nitrogen and oxygen atoms in total. The van der Waals surface area contributed by atoms with Gasteiger partial charge in [0.1, 0.15) is 0 Å². The molecule has 3 aliphatic rings. The van der Waals surface area contributed by atoms with Crippen molar-refractivity contribution in [2.45, 2.75) is 43.6 Å². The molecule has 1 spiro atoms. The number of amides is 2. The van der Waals surface area contributed by atoms with Gasteiger partial charge in [-0.15, -0.1) is 0 Å². The predicted molar refractivity (Wildman–Crippen MR) is 101 cm³/mol. The Morgan fingerprint density at radius 1 is 1.08 bits per heavy atom. The van der Waals surface area contributed by atoms with Crippen LogP contribution in [0.4, 0.5) is 0 Å². The minimum Gasteiger partial charge on any atom is -0.341 e. The third-order valence-electron chi connectivity index (χ3n) is 6.73. The summed E-state index contributed by atoms with van der Waals surface area (Å²) in [6, 6.07) is 10.1. The zero-order chi connectivity index (χ0) is 18.1. The van der Waals surface area contributed by atoms with Crippen LogP contribution in [0.2, 0.25) is 0 Å². The van der Waals surface area contributed by atoms with Crippen LogP contribution in [-0.2, 0) is 9.59 Å². The van der Waals surface area contributed by atoms with Gasteiger partial charge in [-0.05, 0) is 50.8 Å². The summed E-state index contributed by atoms with van der Waals surface area (Å²) in [5.41, 5.74) is 1.04. The van der Waals surface area contributed by atoms with Crippen molar-refractivity contribution in [1.82, 2.24) is 14.7 Å². The Morgan fingerprint density at radius 2 is 1.73 bits per heavy atom. The van der Waals surface area contributed by atoms with Crippen molar-refractivity contribution < 1.29 is 9.59 Å². The van der Waals surface area contributed by atoms with Gasteiger partial charge in [0.15, 0.2) is 0 Å². The molecular weight excluding hydrogens is 326 g/mol. The van der Waals surface area contributed by atoms with E-state index in [1.165, 1.54) is 12.8 Å². The first-order chi connectivity index (χ1) is 12.6. The van der Waals surface area contributed by atoms with Crippen LogP contribution < -0.4 is 0 Å². The van der Waals surface area contributed by atoms with Crippen molar-refractivity contribution in [3.05, 3.63) is 35.9 Å². The van der Waals surface area contributed by atoms with Gasteiger partial charge < -0.3 is 9.80 Å². The molecule has 0 radical (unpaired) electrons. The Kier molecular flexibility index (Phi) is 4.74. The first-order valence-electron chi connectivity index (χ1n) is 9.92. The van der Waals surface area contributed by atoms with Gasteiger partial charge in [0.2, 0.25) is 11.8 Å². The predicted octanol–water partition coefficient (Wildman–Crippen LogP) is 2.09. The lowest BCUT2D eigenvalue weighted by atomic mass is 9.81. The van der Waals surface area contributed by atoms with E-state index in [9.17, 15) is 9.59 Å². The minimum atomic E-state index is -0.0813. The van der Waals surface area contributed by atoms with Crippen LogP contribution in [0.5, 0.6) is 0 Å². The number of carbonyl (C=O) groups is 2. The van der Waals surface area contributed by atoms with E-state index in [1.54, 1.807) is 0 Å². The standard InChI is InChI=1S/C21H29N3O2/c1-22-20(26)18(17-7-3-2-4-8-17)15-21(22)9-13-24(14-10-21)19(25)16-23-11-5-6-12-23/h2-4,7-8,18H,5-6,9-16H2,1H3. The van der Waals surface area contributed by atoms with Crippen molar-refractivity contribution in [3.63, 3.8) is 0 Å². The van der Waals surface area contributed by atoms with Crippen molar-refractivity contribution >= 4 is 11.8 Å². The molecule has 1 aromatic rings. The van der Waals surface area contributed by atoms with E-state index in [0.29, 0.717) is 6.54 Å². The zero-order valence-corrected chi connectivity index (χ0v) is 15.7. The fourth-order valence-electron chi connectivity index (χ4n) is 4.96. The van der Waals surface area contributed by atoms with E-state index in [4.69, 9.17) is 0 Å². The molecule has 0 saturated carbocycles. The number of piperidine rings is 1. The fraction of sp³-hybridized carbons (Fsp3) is 0.619. The van der Waals surface area contributed by atoms with Crippen molar-refractivity contribution in [3.8, 4) is 0 Å². The Hall–Kier alpha value is -1.88. The van der Waals surface area contributed by atoms with E-state index in [2.05, 4.69) is 17.0 Å². The Labute approximate surface area is 155 Å². The molecular formula is C21H29N3O2. The molecule has 1 atom stereocenters. The summed E-state index contributed by atoms with van der Waals surface area (Å²) < 4.78 is 0. The van der Waals surface area contributed by atoms with Crippen LogP contribution in [0.1, 0.15) is 43.6 Å². The SMILES string of the molecule is CN1C(=O)C(c2ccccc2)CC12CCN(C(=O)CN1CCCC1)CC2. The van der Waals surface area contributed by atoms with Crippen LogP contribution in [0.3, 0.4) is 0 Å². The summed E-state index contributed by atoms with van der Waals surface area (Å²) in [4.78, 5) is 31.7. The quantitative estimate of drug-likeness (QED) is 0.834. The van der Waals surface area contributed by atoms with Crippen LogP contribution >= 0.6 is 0 Å². The molecule has 0 bridgehead atoms. The number of rotatable bonds is 3. The number of benzene rings is 1. The van der Waals surface area contributed by atoms with Crippen molar-refractivity contribution in [2.24, 2.45) is 0 Å². The molecule has 3 saturated heterocycles. The summed E-state index contributed by atoms with van der Waals surface area (Å²) >= 11 is 0. The fourth-order valence-corrected chi connectivity index (χ4v) is 4.96. The third-order valence-corrected chi connectivity index (χ3v) is 6.73. The summed E-state index contributed by atoms with van der Waals surface area (Å²) in [6.45, 7) is 4.21. The van der Waals surface area contributed by atoms with E-state index >= 15 is 0 Å². The molecule has 1 aromatic carbocycles. The lowest BCUT2D eigenvalue weighted by molar-refractivity contribution is -0.136. The molecule has 0 N–H and O–H groups in total.